The first-order chi connectivity index (χ1) is 16.4. The van der Waals surface area contributed by atoms with Crippen molar-refractivity contribution >= 4 is 16.0 Å². The van der Waals surface area contributed by atoms with Gasteiger partial charge in [-0.3, -0.25) is 0 Å². The Balaban J connectivity index is 1.75. The molecule has 188 valence electrons. The number of benzene rings is 2. The molecule has 0 saturated heterocycles. The number of aromatic nitrogens is 1. The van der Waals surface area contributed by atoms with E-state index in [9.17, 15) is 18.3 Å². The Morgan fingerprint density at radius 1 is 1.09 bits per heavy atom. The predicted octanol–water partition coefficient (Wildman–Crippen LogP) is 5.29. The molecule has 1 aromatic heterocycles. The minimum absolute atomic E-state index is 0.0293. The number of hydrogen-bond acceptors (Lipinski definition) is 5. The van der Waals surface area contributed by atoms with Crippen LogP contribution < -0.4 is 4.72 Å². The van der Waals surface area contributed by atoms with Gasteiger partial charge in [-0.05, 0) is 66.1 Å². The summed E-state index contributed by atoms with van der Waals surface area (Å²) in [5.74, 6) is -0.00244. The monoisotopic (exact) mass is 498 g/mol. The van der Waals surface area contributed by atoms with Gasteiger partial charge in [-0.2, -0.15) is 0 Å². The van der Waals surface area contributed by atoms with Crippen molar-refractivity contribution in [2.24, 2.45) is 0 Å². The topological polar surface area (TPSA) is 110 Å². The number of nitrogens with one attached hydrogen (secondary N) is 1. The van der Waals surface area contributed by atoms with Crippen molar-refractivity contribution in [2.75, 3.05) is 6.54 Å². The lowest BCUT2D eigenvalue weighted by Gasteiger charge is -2.18. The minimum Gasteiger partial charge on any atom is -0.478 e. The van der Waals surface area contributed by atoms with Crippen LogP contribution in [0.15, 0.2) is 45.7 Å². The molecule has 7 nitrogen and oxygen atoms in total. The molecule has 8 heteroatoms. The maximum absolute atomic E-state index is 12.9. The molecule has 0 unspecified atom stereocenters. The number of hydrogen-bond donors (Lipinski definition) is 2. The van der Waals surface area contributed by atoms with Crippen LogP contribution in [0.4, 0.5) is 0 Å². The Labute approximate surface area is 207 Å². The van der Waals surface area contributed by atoms with Crippen LogP contribution in [0.1, 0.15) is 73.1 Å². The number of rotatable bonds is 9. The van der Waals surface area contributed by atoms with Crippen LogP contribution in [0.3, 0.4) is 0 Å². The number of nitrogens with zero attached hydrogens (tertiary/aromatic N) is 1. The predicted molar refractivity (Wildman–Crippen MR) is 136 cm³/mol. The van der Waals surface area contributed by atoms with Gasteiger partial charge < -0.3 is 9.52 Å². The highest BCUT2D eigenvalue weighted by Crippen LogP contribution is 2.27. The number of carbonyl (C=O) groups is 1. The molecule has 0 fully saturated rings. The van der Waals surface area contributed by atoms with Gasteiger partial charge in [0.1, 0.15) is 5.76 Å². The molecule has 2 aromatic carbocycles. The summed E-state index contributed by atoms with van der Waals surface area (Å²) < 4.78 is 34.3. The normalized spacial score (nSPS) is 12.2. The van der Waals surface area contributed by atoms with Crippen LogP contribution in [-0.4, -0.2) is 31.0 Å². The summed E-state index contributed by atoms with van der Waals surface area (Å²) in [6, 6.07) is 10.9. The number of carboxylic acids is 1. The van der Waals surface area contributed by atoms with Crippen LogP contribution in [0.5, 0.6) is 0 Å². The van der Waals surface area contributed by atoms with E-state index in [4.69, 9.17) is 4.42 Å². The molecule has 0 aliphatic carbocycles. The van der Waals surface area contributed by atoms with Crippen molar-refractivity contribution < 1.29 is 22.7 Å². The maximum Gasteiger partial charge on any atom is 0.336 e. The second kappa shape index (κ2) is 10.3. The van der Waals surface area contributed by atoms with Crippen molar-refractivity contribution in [3.8, 4) is 11.5 Å². The molecule has 0 aliphatic rings. The Hall–Kier alpha value is -2.97. The molecular weight excluding hydrogens is 464 g/mol. The molecule has 2 N–H and O–H groups in total. The van der Waals surface area contributed by atoms with E-state index >= 15 is 0 Å². The molecule has 0 aliphatic heterocycles. The van der Waals surface area contributed by atoms with E-state index in [-0.39, 0.29) is 22.4 Å². The average molecular weight is 499 g/mol. The number of aryl methyl sites for hydroxylation is 2. The smallest absolute Gasteiger partial charge is 0.336 e. The van der Waals surface area contributed by atoms with E-state index in [0.29, 0.717) is 42.2 Å². The third-order valence-corrected chi connectivity index (χ3v) is 7.58. The van der Waals surface area contributed by atoms with Gasteiger partial charge in [0.2, 0.25) is 15.9 Å². The summed E-state index contributed by atoms with van der Waals surface area (Å²) in [6.07, 6.45) is 1.41. The third kappa shape index (κ3) is 6.00. The minimum atomic E-state index is -3.89. The summed E-state index contributed by atoms with van der Waals surface area (Å²) in [5, 5.41) is 9.58. The number of aromatic carboxylic acids is 1. The summed E-state index contributed by atoms with van der Waals surface area (Å²) >= 11 is 0. The fourth-order valence-electron chi connectivity index (χ4n) is 4.07. The van der Waals surface area contributed by atoms with Crippen molar-refractivity contribution in [1.29, 1.82) is 0 Å². The molecule has 0 bridgehead atoms. The first-order valence-electron chi connectivity index (χ1n) is 11.8. The van der Waals surface area contributed by atoms with E-state index in [2.05, 4.69) is 42.6 Å². The SMILES string of the molecule is CCc1cc(S(=O)(=O)NCCc2nc(-c3ccc(C(C)(C)C)cc3)oc2C)cc(C(=O)O)c1CC. The summed E-state index contributed by atoms with van der Waals surface area (Å²) in [4.78, 5) is 16.2. The second-order valence-electron chi connectivity index (χ2n) is 9.62. The fraction of sp³-hybridized carbons (Fsp3) is 0.407. The Kier molecular flexibility index (Phi) is 7.87. The quantitative estimate of drug-likeness (QED) is 0.415. The first kappa shape index (κ1) is 26.6. The van der Waals surface area contributed by atoms with E-state index in [1.54, 1.807) is 13.0 Å². The van der Waals surface area contributed by atoms with E-state index < -0.39 is 16.0 Å². The molecular formula is C27H34N2O5S. The Bertz CT molecular complexity index is 1320. The molecule has 0 radical (unpaired) electrons. The average Bonchev–Trinajstić information content (AvgIpc) is 3.17. The molecule has 35 heavy (non-hydrogen) atoms. The lowest BCUT2D eigenvalue weighted by atomic mass is 9.87. The summed E-state index contributed by atoms with van der Waals surface area (Å²) in [7, 11) is -3.89. The molecule has 0 atom stereocenters. The van der Waals surface area contributed by atoms with Crippen LogP contribution in [-0.2, 0) is 34.7 Å². The van der Waals surface area contributed by atoms with Gasteiger partial charge >= 0.3 is 5.97 Å². The van der Waals surface area contributed by atoms with Crippen molar-refractivity contribution in [3.63, 3.8) is 0 Å². The Morgan fingerprint density at radius 3 is 2.29 bits per heavy atom. The largest absolute Gasteiger partial charge is 0.478 e. The summed E-state index contributed by atoms with van der Waals surface area (Å²) in [6.45, 7) is 12.1. The van der Waals surface area contributed by atoms with Crippen molar-refractivity contribution in [2.45, 2.75) is 71.1 Å². The summed E-state index contributed by atoms with van der Waals surface area (Å²) in [5.41, 5.74) is 4.21. The van der Waals surface area contributed by atoms with Gasteiger partial charge in [-0.25, -0.2) is 22.9 Å². The molecule has 3 aromatic rings. The number of carboxylic acid groups (broad SMARTS) is 1. The Morgan fingerprint density at radius 2 is 1.74 bits per heavy atom. The zero-order valence-corrected chi connectivity index (χ0v) is 22.0. The zero-order chi connectivity index (χ0) is 26.0. The van der Waals surface area contributed by atoms with Crippen LogP contribution in [0.25, 0.3) is 11.5 Å². The molecule has 0 amide bonds. The van der Waals surface area contributed by atoms with Gasteiger partial charge in [-0.15, -0.1) is 0 Å². The van der Waals surface area contributed by atoms with Gasteiger partial charge in [-0.1, -0.05) is 46.8 Å². The highest BCUT2D eigenvalue weighted by Gasteiger charge is 2.22. The highest BCUT2D eigenvalue weighted by atomic mass is 32.2. The lowest BCUT2D eigenvalue weighted by molar-refractivity contribution is 0.0695. The van der Waals surface area contributed by atoms with Crippen LogP contribution in [0, 0.1) is 6.92 Å². The second-order valence-corrected chi connectivity index (χ2v) is 11.4. The number of oxazole rings is 1. The fourth-order valence-corrected chi connectivity index (χ4v) is 5.17. The maximum atomic E-state index is 12.9. The standard InChI is InChI=1S/C27H34N2O5S/c1-7-18-15-21(16-23(26(30)31)22(18)8-2)35(32,33)28-14-13-24-17(3)34-25(29-24)19-9-11-20(12-10-19)27(4,5)6/h9-12,15-16,28H,7-8,13-14H2,1-6H3,(H,30,31). The van der Waals surface area contributed by atoms with Gasteiger partial charge in [0, 0.05) is 18.5 Å². The highest BCUT2D eigenvalue weighted by molar-refractivity contribution is 7.89. The van der Waals surface area contributed by atoms with Crippen molar-refractivity contribution in [3.05, 3.63) is 70.1 Å². The lowest BCUT2D eigenvalue weighted by Crippen LogP contribution is -2.27. The molecule has 0 spiro atoms. The first-order valence-corrected chi connectivity index (χ1v) is 13.3. The zero-order valence-electron chi connectivity index (χ0n) is 21.2. The van der Waals surface area contributed by atoms with Crippen LogP contribution in [0.2, 0.25) is 0 Å². The van der Waals surface area contributed by atoms with E-state index in [1.165, 1.54) is 11.6 Å². The van der Waals surface area contributed by atoms with Gasteiger partial charge in [0.25, 0.3) is 0 Å². The third-order valence-electron chi connectivity index (χ3n) is 6.14. The van der Waals surface area contributed by atoms with Gasteiger partial charge in [0.05, 0.1) is 16.2 Å². The molecule has 1 heterocycles. The number of sulfonamides is 1. The van der Waals surface area contributed by atoms with E-state index in [1.807, 2.05) is 26.0 Å². The molecule has 3 rings (SSSR count). The van der Waals surface area contributed by atoms with E-state index in [0.717, 1.165) is 11.1 Å². The van der Waals surface area contributed by atoms with Crippen molar-refractivity contribution in [1.82, 2.24) is 9.71 Å². The van der Waals surface area contributed by atoms with Gasteiger partial charge in [0.15, 0.2) is 0 Å². The molecule has 0 saturated carbocycles. The van der Waals surface area contributed by atoms with Crippen LogP contribution >= 0.6 is 0 Å².